The molecule has 0 saturated heterocycles. The number of aryl methyl sites for hydroxylation is 2. The SMILES string of the molecule is COc1ccc2c(cc(C)n2C)c1N=Nc1ccccc1. The molecule has 0 amide bonds. The first kappa shape index (κ1) is 13.4. The molecule has 3 aromatic rings. The maximum Gasteiger partial charge on any atom is 0.147 e. The minimum Gasteiger partial charge on any atom is -0.494 e. The van der Waals surface area contributed by atoms with Gasteiger partial charge in [0.25, 0.3) is 0 Å². The van der Waals surface area contributed by atoms with Crippen LogP contribution in [-0.2, 0) is 7.05 Å². The van der Waals surface area contributed by atoms with Crippen LogP contribution in [0.25, 0.3) is 10.9 Å². The summed E-state index contributed by atoms with van der Waals surface area (Å²) in [5, 5.41) is 9.78. The van der Waals surface area contributed by atoms with Gasteiger partial charge in [0.1, 0.15) is 11.4 Å². The first-order chi connectivity index (χ1) is 10.2. The van der Waals surface area contributed by atoms with Gasteiger partial charge in [0.15, 0.2) is 0 Å². The van der Waals surface area contributed by atoms with E-state index in [4.69, 9.17) is 4.74 Å². The molecule has 0 spiro atoms. The van der Waals surface area contributed by atoms with E-state index in [1.807, 2.05) is 49.5 Å². The molecule has 0 aliphatic heterocycles. The van der Waals surface area contributed by atoms with E-state index < -0.39 is 0 Å². The number of aromatic nitrogens is 1. The number of rotatable bonds is 3. The molecule has 0 atom stereocenters. The second kappa shape index (κ2) is 5.40. The van der Waals surface area contributed by atoms with Gasteiger partial charge in [-0.2, -0.15) is 5.11 Å². The molecule has 2 aromatic carbocycles. The Morgan fingerprint density at radius 3 is 2.48 bits per heavy atom. The molecule has 21 heavy (non-hydrogen) atoms. The summed E-state index contributed by atoms with van der Waals surface area (Å²) in [5.41, 5.74) is 3.89. The zero-order valence-electron chi connectivity index (χ0n) is 12.4. The predicted molar refractivity (Wildman–Crippen MR) is 84.8 cm³/mol. The summed E-state index contributed by atoms with van der Waals surface area (Å²) in [6, 6.07) is 15.8. The van der Waals surface area contributed by atoms with Crippen molar-refractivity contribution in [2.75, 3.05) is 7.11 Å². The molecular formula is C17H17N3O. The van der Waals surface area contributed by atoms with Crippen LogP contribution in [0.5, 0.6) is 5.75 Å². The predicted octanol–water partition coefficient (Wildman–Crippen LogP) is 4.91. The first-order valence-electron chi connectivity index (χ1n) is 6.80. The van der Waals surface area contributed by atoms with E-state index in [1.165, 1.54) is 5.69 Å². The second-order valence-electron chi connectivity index (χ2n) is 4.93. The average molecular weight is 279 g/mol. The Balaban J connectivity index is 2.15. The van der Waals surface area contributed by atoms with Crippen LogP contribution >= 0.6 is 0 Å². The Labute approximate surface area is 123 Å². The van der Waals surface area contributed by atoms with Crippen molar-refractivity contribution < 1.29 is 4.74 Å². The summed E-state index contributed by atoms with van der Waals surface area (Å²) in [6.07, 6.45) is 0. The van der Waals surface area contributed by atoms with E-state index in [2.05, 4.69) is 27.8 Å². The molecule has 0 radical (unpaired) electrons. The molecule has 3 rings (SSSR count). The summed E-state index contributed by atoms with van der Waals surface area (Å²) >= 11 is 0. The van der Waals surface area contributed by atoms with Gasteiger partial charge < -0.3 is 9.30 Å². The van der Waals surface area contributed by atoms with Gasteiger partial charge in [-0.1, -0.05) is 18.2 Å². The number of azo groups is 1. The monoisotopic (exact) mass is 279 g/mol. The number of ether oxygens (including phenoxy) is 1. The van der Waals surface area contributed by atoms with E-state index >= 15 is 0 Å². The fraction of sp³-hybridized carbons (Fsp3) is 0.176. The standard InChI is InChI=1S/C17H17N3O/c1-12-11-14-15(20(12)2)9-10-16(21-3)17(14)19-18-13-7-5-4-6-8-13/h4-11H,1-3H3. The molecule has 0 unspecified atom stereocenters. The Hall–Kier alpha value is -2.62. The summed E-state index contributed by atoms with van der Waals surface area (Å²) in [4.78, 5) is 0. The summed E-state index contributed by atoms with van der Waals surface area (Å²) in [5.74, 6) is 0.729. The Kier molecular flexibility index (Phi) is 3.44. The minimum atomic E-state index is 0.729. The quantitative estimate of drug-likeness (QED) is 0.628. The highest BCUT2D eigenvalue weighted by Gasteiger charge is 2.12. The molecule has 106 valence electrons. The molecule has 1 heterocycles. The molecule has 0 N–H and O–H groups in total. The Bertz CT molecular complexity index is 804. The first-order valence-corrected chi connectivity index (χ1v) is 6.80. The van der Waals surface area contributed by atoms with Crippen LogP contribution in [0.1, 0.15) is 5.69 Å². The number of nitrogens with zero attached hydrogens (tertiary/aromatic N) is 3. The third kappa shape index (κ3) is 2.40. The topological polar surface area (TPSA) is 38.9 Å². The zero-order chi connectivity index (χ0) is 14.8. The van der Waals surface area contributed by atoms with E-state index in [-0.39, 0.29) is 0 Å². The van der Waals surface area contributed by atoms with E-state index in [0.29, 0.717) is 0 Å². The van der Waals surface area contributed by atoms with E-state index in [0.717, 1.165) is 28.0 Å². The van der Waals surface area contributed by atoms with Crippen molar-refractivity contribution in [3.63, 3.8) is 0 Å². The van der Waals surface area contributed by atoms with Gasteiger partial charge in [0.05, 0.1) is 18.3 Å². The number of benzene rings is 2. The zero-order valence-corrected chi connectivity index (χ0v) is 12.4. The Morgan fingerprint density at radius 1 is 1.00 bits per heavy atom. The van der Waals surface area contributed by atoms with Crippen molar-refractivity contribution in [2.45, 2.75) is 6.92 Å². The summed E-state index contributed by atoms with van der Waals surface area (Å²) < 4.78 is 7.56. The van der Waals surface area contributed by atoms with Crippen LogP contribution in [0, 0.1) is 6.92 Å². The van der Waals surface area contributed by atoms with Crippen molar-refractivity contribution in [1.82, 2.24) is 4.57 Å². The third-order valence-electron chi connectivity index (χ3n) is 3.64. The lowest BCUT2D eigenvalue weighted by atomic mass is 10.2. The van der Waals surface area contributed by atoms with Crippen molar-refractivity contribution in [2.24, 2.45) is 17.3 Å². The van der Waals surface area contributed by atoms with Gasteiger partial charge in [-0.25, -0.2) is 0 Å². The maximum atomic E-state index is 5.43. The normalized spacial score (nSPS) is 11.4. The van der Waals surface area contributed by atoms with Gasteiger partial charge >= 0.3 is 0 Å². The highest BCUT2D eigenvalue weighted by molar-refractivity contribution is 5.94. The van der Waals surface area contributed by atoms with Crippen molar-refractivity contribution in [3.8, 4) is 5.75 Å². The van der Waals surface area contributed by atoms with Gasteiger partial charge in [-0.15, -0.1) is 5.11 Å². The number of fused-ring (bicyclic) bond motifs is 1. The summed E-state index contributed by atoms with van der Waals surface area (Å²) in [7, 11) is 3.70. The minimum absolute atomic E-state index is 0.729. The fourth-order valence-corrected chi connectivity index (χ4v) is 2.38. The maximum absolute atomic E-state index is 5.43. The van der Waals surface area contributed by atoms with Gasteiger partial charge in [0.2, 0.25) is 0 Å². The lowest BCUT2D eigenvalue weighted by Gasteiger charge is -2.05. The van der Waals surface area contributed by atoms with Crippen LogP contribution in [0.3, 0.4) is 0 Å². The molecule has 4 nitrogen and oxygen atoms in total. The van der Waals surface area contributed by atoms with Crippen molar-refractivity contribution >= 4 is 22.3 Å². The van der Waals surface area contributed by atoms with Crippen LogP contribution < -0.4 is 4.74 Å². The molecule has 0 aliphatic rings. The van der Waals surface area contributed by atoms with Gasteiger partial charge in [-0.05, 0) is 37.3 Å². The highest BCUT2D eigenvalue weighted by atomic mass is 16.5. The van der Waals surface area contributed by atoms with Gasteiger partial charge in [0, 0.05) is 18.1 Å². The van der Waals surface area contributed by atoms with Crippen LogP contribution in [0.4, 0.5) is 11.4 Å². The molecule has 1 aromatic heterocycles. The van der Waals surface area contributed by atoms with E-state index in [1.54, 1.807) is 7.11 Å². The Morgan fingerprint density at radius 2 is 1.76 bits per heavy atom. The lowest BCUT2D eigenvalue weighted by Crippen LogP contribution is -1.89. The number of hydrogen-bond donors (Lipinski definition) is 0. The fourth-order valence-electron chi connectivity index (χ4n) is 2.38. The van der Waals surface area contributed by atoms with Gasteiger partial charge in [-0.3, -0.25) is 0 Å². The summed E-state index contributed by atoms with van der Waals surface area (Å²) in [6.45, 7) is 2.07. The second-order valence-corrected chi connectivity index (χ2v) is 4.93. The van der Waals surface area contributed by atoms with Crippen molar-refractivity contribution in [3.05, 3.63) is 54.2 Å². The molecule has 0 saturated carbocycles. The highest BCUT2D eigenvalue weighted by Crippen LogP contribution is 2.38. The average Bonchev–Trinajstić information content (AvgIpc) is 2.81. The van der Waals surface area contributed by atoms with Crippen molar-refractivity contribution in [1.29, 1.82) is 0 Å². The molecule has 4 heteroatoms. The number of hydrogen-bond acceptors (Lipinski definition) is 3. The van der Waals surface area contributed by atoms with Crippen LogP contribution in [0.2, 0.25) is 0 Å². The molecule has 0 aliphatic carbocycles. The lowest BCUT2D eigenvalue weighted by molar-refractivity contribution is 0.416. The largest absolute Gasteiger partial charge is 0.494 e. The third-order valence-corrected chi connectivity index (χ3v) is 3.64. The van der Waals surface area contributed by atoms with Crippen LogP contribution in [-0.4, -0.2) is 11.7 Å². The smallest absolute Gasteiger partial charge is 0.147 e. The number of methoxy groups -OCH3 is 1. The van der Waals surface area contributed by atoms with Crippen LogP contribution in [0.15, 0.2) is 58.8 Å². The molecular weight excluding hydrogens is 262 g/mol. The molecule has 0 fully saturated rings. The van der Waals surface area contributed by atoms with E-state index in [9.17, 15) is 0 Å². The molecule has 0 bridgehead atoms.